The van der Waals surface area contributed by atoms with E-state index in [4.69, 9.17) is 4.74 Å². The van der Waals surface area contributed by atoms with Crippen LogP contribution in [0.4, 0.5) is 0 Å². The quantitative estimate of drug-likeness (QED) is 0.557. The van der Waals surface area contributed by atoms with E-state index < -0.39 is 0 Å². The summed E-state index contributed by atoms with van der Waals surface area (Å²) in [6.07, 6.45) is 4.77. The molecule has 0 bridgehead atoms. The van der Waals surface area contributed by atoms with E-state index in [0.717, 1.165) is 0 Å². The van der Waals surface area contributed by atoms with Gasteiger partial charge in [0.1, 0.15) is 0 Å². The highest BCUT2D eigenvalue weighted by Crippen LogP contribution is 2.54. The van der Waals surface area contributed by atoms with Crippen molar-refractivity contribution in [2.45, 2.75) is 6.10 Å². The van der Waals surface area contributed by atoms with E-state index >= 15 is 0 Å². The first-order valence-corrected chi connectivity index (χ1v) is 9.13. The van der Waals surface area contributed by atoms with Crippen molar-refractivity contribution in [1.29, 1.82) is 0 Å². The van der Waals surface area contributed by atoms with Crippen LogP contribution >= 0.6 is 0 Å². The molecule has 3 aromatic rings. The molecule has 0 spiro atoms. The molecule has 0 radical (unpaired) electrons. The van der Waals surface area contributed by atoms with Gasteiger partial charge in [-0.25, -0.2) is 0 Å². The molecule has 1 aliphatic heterocycles. The van der Waals surface area contributed by atoms with Crippen molar-refractivity contribution in [3.63, 3.8) is 0 Å². The molecule has 0 amide bonds. The summed E-state index contributed by atoms with van der Waals surface area (Å²) in [5.41, 5.74) is 7.85. The molecule has 126 valence electrons. The van der Waals surface area contributed by atoms with Gasteiger partial charge < -0.3 is 4.74 Å². The maximum atomic E-state index is 6.25. The van der Waals surface area contributed by atoms with Crippen LogP contribution in [0.5, 0.6) is 0 Å². The normalized spacial score (nSPS) is 24.0. The van der Waals surface area contributed by atoms with E-state index in [9.17, 15) is 0 Å². The minimum Gasteiger partial charge on any atom is -0.368 e. The lowest BCUT2D eigenvalue weighted by atomic mass is 9.89. The Bertz CT molecular complexity index is 983. The number of rotatable bonds is 2. The molecule has 1 heterocycles. The van der Waals surface area contributed by atoms with Crippen LogP contribution in [0.25, 0.3) is 17.7 Å². The maximum absolute atomic E-state index is 6.25. The summed E-state index contributed by atoms with van der Waals surface area (Å²) in [5, 5.41) is 0. The lowest BCUT2D eigenvalue weighted by Crippen LogP contribution is -2.01. The molecule has 0 unspecified atom stereocenters. The summed E-state index contributed by atoms with van der Waals surface area (Å²) in [7, 11) is 0. The highest BCUT2D eigenvalue weighted by Gasteiger charge is 2.43. The predicted molar refractivity (Wildman–Crippen MR) is 107 cm³/mol. The first-order valence-electron chi connectivity index (χ1n) is 9.13. The van der Waals surface area contributed by atoms with Crippen LogP contribution in [0.2, 0.25) is 0 Å². The third kappa shape index (κ3) is 2.61. The molecule has 1 fully saturated rings. The van der Waals surface area contributed by atoms with Crippen molar-refractivity contribution in [2.75, 3.05) is 6.61 Å². The van der Waals surface area contributed by atoms with Gasteiger partial charge in [-0.3, -0.25) is 0 Å². The highest BCUT2D eigenvalue weighted by molar-refractivity contribution is 5.90. The Balaban J connectivity index is 1.64. The van der Waals surface area contributed by atoms with Gasteiger partial charge in [-0.15, -0.1) is 0 Å². The molecule has 0 N–H and O–H groups in total. The number of hydrogen-bond acceptors (Lipinski definition) is 1. The van der Waals surface area contributed by atoms with Crippen LogP contribution in [0.15, 0.2) is 90.5 Å². The second-order valence-electron chi connectivity index (χ2n) is 6.94. The molecule has 2 atom stereocenters. The number of benzene rings is 3. The Morgan fingerprint density at radius 2 is 1.31 bits per heavy atom. The van der Waals surface area contributed by atoms with Crippen molar-refractivity contribution >= 4 is 17.7 Å². The van der Waals surface area contributed by atoms with Gasteiger partial charge in [0, 0.05) is 5.92 Å². The monoisotopic (exact) mass is 336 g/mol. The fourth-order valence-electron chi connectivity index (χ4n) is 4.17. The molecule has 1 heteroatoms. The van der Waals surface area contributed by atoms with Gasteiger partial charge in [-0.2, -0.15) is 0 Å². The van der Waals surface area contributed by atoms with E-state index in [0.29, 0.717) is 12.5 Å². The van der Waals surface area contributed by atoms with Crippen LogP contribution in [-0.2, 0) is 4.74 Å². The largest absolute Gasteiger partial charge is 0.368 e. The summed E-state index contributed by atoms with van der Waals surface area (Å²) in [5.74, 6) is 0.299. The van der Waals surface area contributed by atoms with E-state index in [1.165, 1.54) is 33.4 Å². The fourth-order valence-corrected chi connectivity index (χ4v) is 4.17. The fraction of sp³-hybridized carbons (Fsp3) is 0.120. The molecule has 3 aromatic carbocycles. The molecule has 1 aliphatic carbocycles. The maximum Gasteiger partial charge on any atom is 0.0942 e. The number of ether oxygens (including phenoxy) is 1. The zero-order valence-corrected chi connectivity index (χ0v) is 14.5. The van der Waals surface area contributed by atoms with Crippen LogP contribution in [0.3, 0.4) is 0 Å². The van der Waals surface area contributed by atoms with E-state index in [-0.39, 0.29) is 6.10 Å². The first-order chi connectivity index (χ1) is 12.9. The molecule has 1 saturated heterocycles. The smallest absolute Gasteiger partial charge is 0.0942 e. The van der Waals surface area contributed by atoms with Gasteiger partial charge in [0.2, 0.25) is 0 Å². The summed E-state index contributed by atoms with van der Waals surface area (Å²) in [4.78, 5) is 0. The van der Waals surface area contributed by atoms with E-state index in [2.05, 4.69) is 97.1 Å². The Hall–Kier alpha value is -2.90. The topological polar surface area (TPSA) is 9.23 Å². The average Bonchev–Trinajstić information content (AvgIpc) is 3.24. The van der Waals surface area contributed by atoms with Crippen molar-refractivity contribution in [3.05, 3.63) is 113 Å². The lowest BCUT2D eigenvalue weighted by Gasteiger charge is -2.12. The van der Waals surface area contributed by atoms with E-state index in [1.54, 1.807) is 0 Å². The highest BCUT2D eigenvalue weighted by atomic mass is 16.5. The molecular formula is C25H20O. The summed E-state index contributed by atoms with van der Waals surface area (Å²) in [6, 6.07) is 29.8. The van der Waals surface area contributed by atoms with Gasteiger partial charge in [-0.05, 0) is 33.4 Å². The third-order valence-electron chi connectivity index (χ3n) is 5.32. The van der Waals surface area contributed by atoms with Gasteiger partial charge in [0.15, 0.2) is 0 Å². The van der Waals surface area contributed by atoms with Crippen LogP contribution < -0.4 is 0 Å². The molecule has 2 aliphatic rings. The van der Waals surface area contributed by atoms with Gasteiger partial charge in [0.05, 0.1) is 12.7 Å². The molecule has 26 heavy (non-hydrogen) atoms. The Labute approximate surface area is 154 Å². The zero-order chi connectivity index (χ0) is 17.3. The Morgan fingerprint density at radius 1 is 0.692 bits per heavy atom. The Morgan fingerprint density at radius 3 is 2.04 bits per heavy atom. The van der Waals surface area contributed by atoms with Crippen LogP contribution in [0.1, 0.15) is 28.4 Å². The van der Waals surface area contributed by atoms with Crippen molar-refractivity contribution < 1.29 is 4.74 Å². The number of fused-ring (bicyclic) bond motifs is 3. The molecule has 0 aromatic heterocycles. The average molecular weight is 336 g/mol. The summed E-state index contributed by atoms with van der Waals surface area (Å²) in [6.45, 7) is 0.699. The summed E-state index contributed by atoms with van der Waals surface area (Å²) >= 11 is 0. The van der Waals surface area contributed by atoms with Crippen molar-refractivity contribution in [1.82, 2.24) is 0 Å². The predicted octanol–water partition coefficient (Wildman–Crippen LogP) is 6.01. The minimum atomic E-state index is 0.135. The molecular weight excluding hydrogens is 316 g/mol. The third-order valence-corrected chi connectivity index (χ3v) is 5.32. The van der Waals surface area contributed by atoms with Gasteiger partial charge >= 0.3 is 0 Å². The van der Waals surface area contributed by atoms with Gasteiger partial charge in [-0.1, -0.05) is 97.1 Å². The summed E-state index contributed by atoms with van der Waals surface area (Å²) < 4.78 is 6.25. The SMILES string of the molecule is C(=C1/c2ccccc2[C@@H]2OC/C(=C/c3ccccc3)[C@H]12)/c1ccccc1. The first kappa shape index (κ1) is 15.4. The van der Waals surface area contributed by atoms with Crippen LogP contribution in [-0.4, -0.2) is 6.61 Å². The minimum absolute atomic E-state index is 0.135. The number of hydrogen-bond donors (Lipinski definition) is 0. The van der Waals surface area contributed by atoms with Crippen LogP contribution in [0, 0.1) is 5.92 Å². The van der Waals surface area contributed by atoms with Crippen molar-refractivity contribution in [3.8, 4) is 0 Å². The van der Waals surface area contributed by atoms with Crippen molar-refractivity contribution in [2.24, 2.45) is 5.92 Å². The molecule has 0 saturated carbocycles. The zero-order valence-electron chi connectivity index (χ0n) is 14.5. The molecule has 5 rings (SSSR count). The molecule has 1 nitrogen and oxygen atoms in total. The second-order valence-corrected chi connectivity index (χ2v) is 6.94. The van der Waals surface area contributed by atoms with E-state index in [1.807, 2.05) is 0 Å². The van der Waals surface area contributed by atoms with Gasteiger partial charge in [0.25, 0.3) is 0 Å². The second kappa shape index (κ2) is 6.44. The Kier molecular flexibility index (Phi) is 3.80. The standard InChI is InChI=1S/C25H20O/c1-3-9-18(10-4-1)15-20-17-26-25-22-14-8-7-13-21(22)23(24(20)25)16-19-11-5-2-6-12-19/h1-16,24-25H,17H2/b20-15-,23-16+/t24-,25+/m1/s1. The lowest BCUT2D eigenvalue weighted by molar-refractivity contribution is 0.107.